The average molecular weight is 481 g/mol. The van der Waals surface area contributed by atoms with E-state index in [-0.39, 0.29) is 24.3 Å². The summed E-state index contributed by atoms with van der Waals surface area (Å²) < 4.78 is 1.93. The number of amides is 1. The number of carbonyl (C=O) groups excluding carboxylic acids is 1. The number of carboxylic acid groups (broad SMARTS) is 1. The fourth-order valence-corrected chi connectivity index (χ4v) is 4.54. The topological polar surface area (TPSA) is 91.6 Å². The number of aliphatic hydroxyl groups is 1. The number of aryl methyl sites for hydroxylation is 2. The second kappa shape index (κ2) is 12.1. The Morgan fingerprint density at radius 1 is 1.00 bits per heavy atom. The zero-order valence-corrected chi connectivity index (χ0v) is 22.0. The standard InChI is InChI=1S/C29H40N2O4/c1-7-28(35,8-2)16-14-22-12-13-23(18-21(22)6)29(9-3,10-4)24-19-25(31(11-5)20-24)27(34)30-17-15-26(32)33/h12-13,18-20,35H,7-11,15,17H2,1-6H3,(H,30,34)(H,32,33). The summed E-state index contributed by atoms with van der Waals surface area (Å²) in [5.41, 5.74) is 3.48. The minimum Gasteiger partial charge on any atom is -0.481 e. The van der Waals surface area contributed by atoms with Crippen molar-refractivity contribution in [1.82, 2.24) is 9.88 Å². The third-order valence-electron chi connectivity index (χ3n) is 7.23. The summed E-state index contributed by atoms with van der Waals surface area (Å²) in [5.74, 6) is 5.02. The summed E-state index contributed by atoms with van der Waals surface area (Å²) in [6.45, 7) is 13.0. The van der Waals surface area contributed by atoms with E-state index in [1.165, 1.54) is 0 Å². The number of nitrogens with zero attached hydrogens (tertiary/aromatic N) is 1. The Hall–Kier alpha value is -3.04. The van der Waals surface area contributed by atoms with E-state index in [0.717, 1.165) is 35.1 Å². The lowest BCUT2D eigenvalue weighted by Gasteiger charge is -2.32. The van der Waals surface area contributed by atoms with Gasteiger partial charge in [0.1, 0.15) is 11.3 Å². The third-order valence-corrected chi connectivity index (χ3v) is 7.23. The van der Waals surface area contributed by atoms with Crippen LogP contribution in [0.2, 0.25) is 0 Å². The summed E-state index contributed by atoms with van der Waals surface area (Å²) in [6, 6.07) is 8.25. The fourth-order valence-electron chi connectivity index (χ4n) is 4.54. The highest BCUT2D eigenvalue weighted by atomic mass is 16.4. The van der Waals surface area contributed by atoms with Gasteiger partial charge < -0.3 is 20.1 Å². The number of hydrogen-bond acceptors (Lipinski definition) is 3. The van der Waals surface area contributed by atoms with E-state index >= 15 is 0 Å². The highest BCUT2D eigenvalue weighted by molar-refractivity contribution is 5.93. The minimum atomic E-state index is -0.966. The maximum absolute atomic E-state index is 12.8. The Bertz CT molecular complexity index is 1100. The Balaban J connectivity index is 2.47. The SMILES string of the molecule is CCn1cc(C(CC)(CC)c2ccc(C#CC(O)(CC)CC)c(C)c2)cc1C(=O)NCCC(=O)O. The molecule has 1 heterocycles. The van der Waals surface area contributed by atoms with Gasteiger partial charge in [-0.05, 0) is 68.4 Å². The molecule has 1 aromatic heterocycles. The Morgan fingerprint density at radius 2 is 1.66 bits per heavy atom. The molecule has 0 saturated heterocycles. The van der Waals surface area contributed by atoms with Crippen molar-refractivity contribution >= 4 is 11.9 Å². The van der Waals surface area contributed by atoms with Gasteiger partial charge in [-0.25, -0.2) is 0 Å². The van der Waals surface area contributed by atoms with Crippen molar-refractivity contribution in [1.29, 1.82) is 0 Å². The molecule has 0 aliphatic rings. The van der Waals surface area contributed by atoms with E-state index in [4.69, 9.17) is 5.11 Å². The number of benzene rings is 1. The fraction of sp³-hybridized carbons (Fsp3) is 0.517. The lowest BCUT2D eigenvalue weighted by Crippen LogP contribution is -2.28. The Kier molecular flexibility index (Phi) is 9.73. The summed E-state index contributed by atoms with van der Waals surface area (Å²) >= 11 is 0. The number of carbonyl (C=O) groups is 2. The molecule has 0 aliphatic heterocycles. The van der Waals surface area contributed by atoms with Crippen LogP contribution in [0.1, 0.15) is 99.5 Å². The van der Waals surface area contributed by atoms with Crippen molar-refractivity contribution in [3.05, 3.63) is 58.4 Å². The van der Waals surface area contributed by atoms with E-state index < -0.39 is 11.6 Å². The molecule has 0 radical (unpaired) electrons. The van der Waals surface area contributed by atoms with Crippen LogP contribution in [-0.4, -0.2) is 38.8 Å². The molecule has 1 amide bonds. The van der Waals surface area contributed by atoms with Gasteiger partial charge in [-0.3, -0.25) is 9.59 Å². The molecule has 35 heavy (non-hydrogen) atoms. The number of aliphatic carboxylic acids is 1. The van der Waals surface area contributed by atoms with Crippen molar-refractivity contribution in [2.24, 2.45) is 0 Å². The number of hydrogen-bond donors (Lipinski definition) is 3. The monoisotopic (exact) mass is 480 g/mol. The predicted octanol–water partition coefficient (Wildman–Crippen LogP) is 5.03. The molecule has 0 unspecified atom stereocenters. The lowest BCUT2D eigenvalue weighted by molar-refractivity contribution is -0.136. The zero-order valence-electron chi connectivity index (χ0n) is 22.0. The second-order valence-electron chi connectivity index (χ2n) is 9.11. The van der Waals surface area contributed by atoms with Crippen LogP contribution in [0.25, 0.3) is 0 Å². The van der Waals surface area contributed by atoms with Gasteiger partial charge in [0.25, 0.3) is 5.91 Å². The van der Waals surface area contributed by atoms with E-state index in [1.54, 1.807) is 0 Å². The first-order valence-electron chi connectivity index (χ1n) is 12.7. The molecule has 190 valence electrons. The molecule has 1 aromatic carbocycles. The molecule has 2 aromatic rings. The molecule has 3 N–H and O–H groups in total. The maximum Gasteiger partial charge on any atom is 0.305 e. The first kappa shape index (κ1) is 28.2. The van der Waals surface area contributed by atoms with Crippen molar-refractivity contribution < 1.29 is 19.8 Å². The minimum absolute atomic E-state index is 0.0952. The average Bonchev–Trinajstić information content (AvgIpc) is 3.29. The highest BCUT2D eigenvalue weighted by Gasteiger charge is 2.33. The molecule has 0 atom stereocenters. The molecule has 6 nitrogen and oxygen atoms in total. The van der Waals surface area contributed by atoms with Crippen molar-refractivity contribution in [2.75, 3.05) is 6.54 Å². The number of carboxylic acids is 1. The van der Waals surface area contributed by atoms with Crippen molar-refractivity contribution in [3.63, 3.8) is 0 Å². The van der Waals surface area contributed by atoms with Crippen molar-refractivity contribution in [2.45, 2.75) is 91.2 Å². The second-order valence-corrected chi connectivity index (χ2v) is 9.11. The van der Waals surface area contributed by atoms with Crippen LogP contribution in [0, 0.1) is 18.8 Å². The molecule has 0 fully saturated rings. The van der Waals surface area contributed by atoms with Crippen LogP contribution in [0.5, 0.6) is 0 Å². The van der Waals surface area contributed by atoms with E-state index in [0.29, 0.717) is 25.1 Å². The summed E-state index contributed by atoms with van der Waals surface area (Å²) in [4.78, 5) is 23.6. The smallest absolute Gasteiger partial charge is 0.305 e. The van der Waals surface area contributed by atoms with E-state index in [9.17, 15) is 14.7 Å². The molecule has 0 aliphatic carbocycles. The van der Waals surface area contributed by atoms with Crippen LogP contribution in [0.3, 0.4) is 0 Å². The van der Waals surface area contributed by atoms with Gasteiger partial charge in [-0.2, -0.15) is 0 Å². The van der Waals surface area contributed by atoms with Gasteiger partial charge >= 0.3 is 5.97 Å². The van der Waals surface area contributed by atoms with Gasteiger partial charge in [0.15, 0.2) is 0 Å². The molecule has 2 rings (SSSR count). The maximum atomic E-state index is 12.8. The van der Waals surface area contributed by atoms with Crippen LogP contribution < -0.4 is 5.32 Å². The van der Waals surface area contributed by atoms with Crippen LogP contribution in [0.4, 0.5) is 0 Å². The molecule has 0 spiro atoms. The highest BCUT2D eigenvalue weighted by Crippen LogP contribution is 2.40. The summed E-state index contributed by atoms with van der Waals surface area (Å²) in [6.07, 6.45) is 4.82. The van der Waals surface area contributed by atoms with Gasteiger partial charge in [0.2, 0.25) is 0 Å². The van der Waals surface area contributed by atoms with Gasteiger partial charge in [0, 0.05) is 30.3 Å². The normalized spacial score (nSPS) is 11.6. The molecular weight excluding hydrogens is 440 g/mol. The van der Waals surface area contributed by atoms with Crippen LogP contribution in [0.15, 0.2) is 30.5 Å². The van der Waals surface area contributed by atoms with Crippen LogP contribution in [-0.2, 0) is 16.8 Å². The largest absolute Gasteiger partial charge is 0.481 e. The van der Waals surface area contributed by atoms with Gasteiger partial charge in [0.05, 0.1) is 6.42 Å². The third kappa shape index (κ3) is 6.35. The first-order chi connectivity index (χ1) is 16.6. The number of aromatic nitrogens is 1. The molecular formula is C29H40N2O4. The quantitative estimate of drug-likeness (QED) is 0.394. The Labute approximate surface area is 209 Å². The van der Waals surface area contributed by atoms with Gasteiger partial charge in [-0.15, -0.1) is 0 Å². The first-order valence-corrected chi connectivity index (χ1v) is 12.7. The molecule has 0 saturated carbocycles. The van der Waals surface area contributed by atoms with Crippen LogP contribution >= 0.6 is 0 Å². The molecule has 6 heteroatoms. The van der Waals surface area contributed by atoms with Gasteiger partial charge in [-0.1, -0.05) is 51.7 Å². The zero-order chi connectivity index (χ0) is 26.2. The predicted molar refractivity (Wildman–Crippen MR) is 140 cm³/mol. The van der Waals surface area contributed by atoms with Crippen molar-refractivity contribution in [3.8, 4) is 11.8 Å². The Morgan fingerprint density at radius 3 is 2.17 bits per heavy atom. The van der Waals surface area contributed by atoms with E-state index in [2.05, 4.69) is 43.1 Å². The number of nitrogens with one attached hydrogen (secondary N) is 1. The summed E-state index contributed by atoms with van der Waals surface area (Å²) in [7, 11) is 0. The molecule has 0 bridgehead atoms. The van der Waals surface area contributed by atoms with E-state index in [1.807, 2.05) is 50.6 Å². The lowest BCUT2D eigenvalue weighted by atomic mass is 9.71. The number of rotatable bonds is 11. The summed E-state index contributed by atoms with van der Waals surface area (Å²) in [5, 5.41) is 22.1.